The summed E-state index contributed by atoms with van der Waals surface area (Å²) >= 11 is 0. The smallest absolute Gasteiger partial charge is 0.411 e. The molecule has 1 aliphatic rings. The number of para-hydroxylation sites is 1. The zero-order chi connectivity index (χ0) is 11.7. The van der Waals surface area contributed by atoms with Crippen LogP contribution in [0.3, 0.4) is 0 Å². The number of benzene rings is 2. The van der Waals surface area contributed by atoms with Crippen molar-refractivity contribution in [2.75, 3.05) is 0 Å². The zero-order valence-corrected chi connectivity index (χ0v) is 9.97. The molecule has 86 valence electrons. The van der Waals surface area contributed by atoms with Crippen LogP contribution in [0, 0.1) is 0 Å². The first-order chi connectivity index (χ1) is 8.28. The molecule has 0 saturated carbocycles. The molecule has 0 unspecified atom stereocenters. The van der Waals surface area contributed by atoms with Gasteiger partial charge in [0.2, 0.25) is 0 Å². The van der Waals surface area contributed by atoms with Gasteiger partial charge in [0, 0.05) is 5.56 Å². The van der Waals surface area contributed by atoms with Gasteiger partial charge in [-0.25, -0.2) is 4.57 Å². The molecule has 0 bridgehead atoms. The molecular weight excluding hydrogens is 235 g/mol. The van der Waals surface area contributed by atoms with Gasteiger partial charge in [0.1, 0.15) is 5.75 Å². The summed E-state index contributed by atoms with van der Waals surface area (Å²) < 4.78 is 23.5. The minimum Gasteiger partial charge on any atom is -0.421 e. The molecule has 0 spiro atoms. The second-order valence-electron chi connectivity index (χ2n) is 3.81. The second-order valence-corrected chi connectivity index (χ2v) is 5.76. The van der Waals surface area contributed by atoms with Gasteiger partial charge in [0.15, 0.2) is 0 Å². The van der Waals surface area contributed by atoms with Crippen molar-refractivity contribution in [3.63, 3.8) is 0 Å². The fourth-order valence-corrected chi connectivity index (χ4v) is 3.35. The number of hydrogen-bond donors (Lipinski definition) is 0. The van der Waals surface area contributed by atoms with Crippen LogP contribution in [0.1, 0.15) is 5.56 Å². The van der Waals surface area contributed by atoms with E-state index in [1.807, 2.05) is 42.5 Å². The Hall–Kier alpha value is -1.57. The van der Waals surface area contributed by atoms with Gasteiger partial charge in [0.05, 0.1) is 11.9 Å². The van der Waals surface area contributed by atoms with Crippen LogP contribution in [0.25, 0.3) is 0 Å². The molecule has 0 fully saturated rings. The second kappa shape index (κ2) is 4.02. The average molecular weight is 246 g/mol. The Bertz CT molecular complexity index is 580. The lowest BCUT2D eigenvalue weighted by Crippen LogP contribution is -2.16. The van der Waals surface area contributed by atoms with E-state index in [1.165, 1.54) is 0 Å². The first kappa shape index (κ1) is 10.6. The molecule has 0 aliphatic carbocycles. The monoisotopic (exact) mass is 246 g/mol. The highest BCUT2D eigenvalue weighted by molar-refractivity contribution is 7.62. The van der Waals surface area contributed by atoms with E-state index in [9.17, 15) is 4.57 Å². The van der Waals surface area contributed by atoms with Crippen LogP contribution in [-0.4, -0.2) is 0 Å². The molecule has 2 aromatic carbocycles. The Labute approximate surface area is 99.5 Å². The van der Waals surface area contributed by atoms with E-state index < -0.39 is 7.60 Å². The Morgan fingerprint density at radius 1 is 0.941 bits per heavy atom. The van der Waals surface area contributed by atoms with Gasteiger partial charge in [0.25, 0.3) is 0 Å². The van der Waals surface area contributed by atoms with Gasteiger partial charge in [-0.1, -0.05) is 36.4 Å². The van der Waals surface area contributed by atoms with Gasteiger partial charge in [-0.05, 0) is 18.2 Å². The Morgan fingerprint density at radius 2 is 1.65 bits per heavy atom. The first-order valence-corrected chi connectivity index (χ1v) is 6.90. The van der Waals surface area contributed by atoms with Crippen molar-refractivity contribution >= 4 is 12.9 Å². The fourth-order valence-electron chi connectivity index (χ4n) is 1.76. The molecule has 4 heteroatoms. The Morgan fingerprint density at radius 3 is 2.47 bits per heavy atom. The van der Waals surface area contributed by atoms with E-state index in [0.717, 1.165) is 5.56 Å². The van der Waals surface area contributed by atoms with Crippen molar-refractivity contribution in [2.24, 2.45) is 0 Å². The summed E-state index contributed by atoms with van der Waals surface area (Å²) in [4.78, 5) is 0. The molecule has 0 radical (unpaired) electrons. The minimum absolute atomic E-state index is 0.322. The molecule has 3 rings (SSSR count). The largest absolute Gasteiger partial charge is 0.421 e. The van der Waals surface area contributed by atoms with Crippen LogP contribution < -0.4 is 9.83 Å². The summed E-state index contributed by atoms with van der Waals surface area (Å²) in [6.45, 7) is 0.322. The molecular formula is C13H11O3P. The molecule has 1 heterocycles. The standard InChI is InChI=1S/C13H11O3P/c14-17(12-7-2-1-3-8-12)15-10-11-6-4-5-9-13(11)16-17/h1-9H,10H2/t17-/m0/s1. The lowest BCUT2D eigenvalue weighted by molar-refractivity contribution is 0.241. The van der Waals surface area contributed by atoms with Crippen molar-refractivity contribution in [1.29, 1.82) is 0 Å². The van der Waals surface area contributed by atoms with Crippen LogP contribution in [0.15, 0.2) is 54.6 Å². The third kappa shape index (κ3) is 1.88. The summed E-state index contributed by atoms with van der Waals surface area (Å²) in [6.07, 6.45) is 0. The number of fused-ring (bicyclic) bond motifs is 1. The molecule has 1 atom stereocenters. The van der Waals surface area contributed by atoms with Crippen molar-refractivity contribution in [1.82, 2.24) is 0 Å². The highest BCUT2D eigenvalue weighted by Gasteiger charge is 2.33. The topological polar surface area (TPSA) is 35.5 Å². The fraction of sp³-hybridized carbons (Fsp3) is 0.0769. The van der Waals surface area contributed by atoms with Crippen molar-refractivity contribution < 1.29 is 13.6 Å². The van der Waals surface area contributed by atoms with Crippen LogP contribution in [0.5, 0.6) is 5.75 Å². The molecule has 17 heavy (non-hydrogen) atoms. The molecule has 0 saturated heterocycles. The summed E-state index contributed by atoms with van der Waals surface area (Å²) in [5, 5.41) is 0.592. The Balaban J connectivity index is 2.01. The predicted molar refractivity (Wildman–Crippen MR) is 65.5 cm³/mol. The van der Waals surface area contributed by atoms with E-state index in [1.54, 1.807) is 12.1 Å². The van der Waals surface area contributed by atoms with Gasteiger partial charge >= 0.3 is 7.60 Å². The third-order valence-corrected chi connectivity index (χ3v) is 4.49. The van der Waals surface area contributed by atoms with E-state index in [2.05, 4.69) is 0 Å². The molecule has 3 nitrogen and oxygen atoms in total. The first-order valence-electron chi connectivity index (χ1n) is 5.36. The number of hydrogen-bond acceptors (Lipinski definition) is 3. The lowest BCUT2D eigenvalue weighted by atomic mass is 10.2. The van der Waals surface area contributed by atoms with Crippen LogP contribution in [0.4, 0.5) is 0 Å². The van der Waals surface area contributed by atoms with Crippen LogP contribution in [0.2, 0.25) is 0 Å². The summed E-state index contributed by atoms with van der Waals surface area (Å²) in [5.41, 5.74) is 0.926. The summed E-state index contributed by atoms with van der Waals surface area (Å²) in [5.74, 6) is 0.644. The maximum absolute atomic E-state index is 12.6. The van der Waals surface area contributed by atoms with E-state index in [4.69, 9.17) is 9.05 Å². The normalized spacial score (nSPS) is 22.6. The quantitative estimate of drug-likeness (QED) is 0.725. The minimum atomic E-state index is -3.20. The molecule has 0 N–H and O–H groups in total. The zero-order valence-electron chi connectivity index (χ0n) is 9.08. The summed E-state index contributed by atoms with van der Waals surface area (Å²) in [6, 6.07) is 16.5. The third-order valence-electron chi connectivity index (χ3n) is 2.65. The van der Waals surface area contributed by atoms with E-state index >= 15 is 0 Å². The van der Waals surface area contributed by atoms with Gasteiger partial charge in [-0.2, -0.15) is 0 Å². The van der Waals surface area contributed by atoms with Crippen molar-refractivity contribution in [3.05, 3.63) is 60.2 Å². The van der Waals surface area contributed by atoms with E-state index in [-0.39, 0.29) is 0 Å². The maximum atomic E-state index is 12.6. The van der Waals surface area contributed by atoms with Crippen LogP contribution in [-0.2, 0) is 15.7 Å². The highest BCUT2D eigenvalue weighted by atomic mass is 31.2. The average Bonchev–Trinajstić information content (AvgIpc) is 2.40. The van der Waals surface area contributed by atoms with E-state index in [0.29, 0.717) is 17.7 Å². The maximum Gasteiger partial charge on any atom is 0.411 e. The van der Waals surface area contributed by atoms with Gasteiger partial charge in [-0.15, -0.1) is 0 Å². The number of rotatable bonds is 1. The van der Waals surface area contributed by atoms with Crippen molar-refractivity contribution in [3.8, 4) is 5.75 Å². The highest BCUT2D eigenvalue weighted by Crippen LogP contribution is 2.52. The SMILES string of the molecule is O=[P@@]1(c2ccccc2)OCc2ccccc2O1. The summed E-state index contributed by atoms with van der Waals surface area (Å²) in [7, 11) is -3.20. The Kier molecular flexibility index (Phi) is 2.50. The predicted octanol–water partition coefficient (Wildman–Crippen LogP) is 3.11. The van der Waals surface area contributed by atoms with Crippen molar-refractivity contribution in [2.45, 2.75) is 6.61 Å². The molecule has 0 aromatic heterocycles. The van der Waals surface area contributed by atoms with Gasteiger partial charge < -0.3 is 4.52 Å². The molecule has 1 aliphatic heterocycles. The van der Waals surface area contributed by atoms with Crippen LogP contribution >= 0.6 is 7.60 Å². The van der Waals surface area contributed by atoms with Gasteiger partial charge in [-0.3, -0.25) is 4.52 Å². The molecule has 0 amide bonds. The molecule has 2 aromatic rings. The lowest BCUT2D eigenvalue weighted by Gasteiger charge is -2.25.